The predicted octanol–water partition coefficient (Wildman–Crippen LogP) is 9.38. The maximum atomic E-state index is 17.7. The van der Waals surface area contributed by atoms with Crippen LogP contribution in [0.25, 0.3) is 32.9 Å². The fourth-order valence-corrected chi connectivity index (χ4v) is 15.7. The lowest BCUT2D eigenvalue weighted by atomic mass is 9.76. The number of rotatable bonds is 10. The van der Waals surface area contributed by atoms with Gasteiger partial charge in [-0.2, -0.15) is 9.97 Å². The monoisotopic (exact) mass is 801 g/mol. The van der Waals surface area contributed by atoms with E-state index in [9.17, 15) is 4.39 Å². The minimum atomic E-state index is -2.31. The second-order valence-corrected chi connectivity index (χ2v) is 23.2. The van der Waals surface area contributed by atoms with Crippen LogP contribution in [0.15, 0.2) is 24.3 Å². The molecule has 2 atom stereocenters. The van der Waals surface area contributed by atoms with Crippen molar-refractivity contribution < 1.29 is 32.1 Å². The molecule has 4 aromatic rings. The molecule has 4 aliphatic rings. The molecule has 3 fully saturated rings. The van der Waals surface area contributed by atoms with Gasteiger partial charge in [-0.3, -0.25) is 4.90 Å². The first-order valence-corrected chi connectivity index (χ1v) is 22.7. The minimum absolute atomic E-state index is 0.00301. The van der Waals surface area contributed by atoms with Gasteiger partial charge in [0.25, 0.3) is 0 Å². The molecule has 2 aromatic carbocycles. The standard InChI is InChI=1S/C44H54F3N5O4Si/c1-26(2)57(27(3)4,28(5)6)18-13-32-34(46)12-11-29-19-31(56-25-53-8)20-33(35(29)32)38-37(47)39-36-40(51(7)43(14-9-15-43)23-54-41(36)48-38)50-42(49-39)55-24-44-16-10-17-52(44)22-30(45)21-44/h11-12,19-20,26-28,30H,9-10,14-17,21-25H2,1-8H3/t30-,44+/m1/s1. The highest BCUT2D eigenvalue weighted by atomic mass is 28.3. The number of benzene rings is 2. The van der Waals surface area contributed by atoms with E-state index in [-0.39, 0.29) is 53.2 Å². The van der Waals surface area contributed by atoms with E-state index < -0.39 is 31.4 Å². The van der Waals surface area contributed by atoms with E-state index in [0.29, 0.717) is 63.9 Å². The first-order valence-electron chi connectivity index (χ1n) is 20.4. The maximum absolute atomic E-state index is 17.7. The van der Waals surface area contributed by atoms with Gasteiger partial charge in [0, 0.05) is 38.1 Å². The van der Waals surface area contributed by atoms with Gasteiger partial charge >= 0.3 is 6.01 Å². The Morgan fingerprint density at radius 3 is 2.40 bits per heavy atom. The van der Waals surface area contributed by atoms with Crippen molar-refractivity contribution >= 4 is 35.6 Å². The van der Waals surface area contributed by atoms with E-state index in [0.717, 1.165) is 38.6 Å². The largest absolute Gasteiger partial charge is 0.475 e. The molecular weight excluding hydrogens is 748 g/mol. The molecule has 0 unspecified atom stereocenters. The first-order chi connectivity index (χ1) is 27.2. The lowest BCUT2D eigenvalue weighted by Gasteiger charge is -2.47. The molecular formula is C44H54F3N5O4Si. The van der Waals surface area contributed by atoms with Gasteiger partial charge < -0.3 is 23.8 Å². The van der Waals surface area contributed by atoms with Gasteiger partial charge in [0.15, 0.2) is 12.6 Å². The van der Waals surface area contributed by atoms with Crippen LogP contribution in [0.3, 0.4) is 0 Å². The van der Waals surface area contributed by atoms with Crippen molar-refractivity contribution in [1.29, 1.82) is 0 Å². The molecule has 57 heavy (non-hydrogen) atoms. The smallest absolute Gasteiger partial charge is 0.319 e. The van der Waals surface area contributed by atoms with Gasteiger partial charge in [0.2, 0.25) is 5.88 Å². The maximum Gasteiger partial charge on any atom is 0.319 e. The molecule has 8 rings (SSSR count). The van der Waals surface area contributed by atoms with E-state index in [1.165, 1.54) is 13.2 Å². The number of aromatic nitrogens is 3. The Hall–Kier alpha value is -4.12. The number of alkyl halides is 1. The number of ether oxygens (including phenoxy) is 4. The zero-order valence-electron chi connectivity index (χ0n) is 34.4. The van der Waals surface area contributed by atoms with Crippen molar-refractivity contribution in [3.05, 3.63) is 41.5 Å². The Morgan fingerprint density at radius 1 is 0.965 bits per heavy atom. The van der Waals surface area contributed by atoms with Gasteiger partial charge in [-0.15, -0.1) is 5.54 Å². The second kappa shape index (κ2) is 14.9. The molecule has 1 spiro atoms. The summed E-state index contributed by atoms with van der Waals surface area (Å²) in [6, 6.07) is 6.50. The molecule has 0 bridgehead atoms. The van der Waals surface area contributed by atoms with Crippen molar-refractivity contribution in [3.8, 4) is 40.4 Å². The van der Waals surface area contributed by atoms with E-state index in [4.69, 9.17) is 33.9 Å². The SMILES string of the molecule is COCOc1cc(-c2nc3c4c(nc(OC[C@@]56CCCN5C[C@H](F)C6)nc4c2F)N(C)C2(CCC2)CO3)c2c(C#C[Si](C(C)C)(C(C)C)C(C)C)c(F)ccc2c1. The lowest BCUT2D eigenvalue weighted by molar-refractivity contribution is 0.0512. The molecule has 2 aromatic heterocycles. The van der Waals surface area contributed by atoms with Crippen LogP contribution < -0.4 is 19.1 Å². The summed E-state index contributed by atoms with van der Waals surface area (Å²) in [6.45, 7) is 14.9. The highest BCUT2D eigenvalue weighted by Crippen LogP contribution is 2.49. The lowest BCUT2D eigenvalue weighted by Crippen LogP contribution is -2.56. The summed E-state index contributed by atoms with van der Waals surface area (Å²) in [5.41, 5.74) is 4.16. The van der Waals surface area contributed by atoms with Crippen LogP contribution in [-0.2, 0) is 4.74 Å². The molecule has 0 radical (unpaired) electrons. The Kier molecular flexibility index (Phi) is 10.4. The van der Waals surface area contributed by atoms with Crippen molar-refractivity contribution in [3.63, 3.8) is 0 Å². The van der Waals surface area contributed by atoms with Gasteiger partial charge in [-0.25, -0.2) is 18.2 Å². The molecule has 3 aliphatic heterocycles. The number of nitrogens with zero attached hydrogens (tertiary/aromatic N) is 5. The van der Waals surface area contributed by atoms with Crippen molar-refractivity contribution in [2.24, 2.45) is 0 Å². The summed E-state index contributed by atoms with van der Waals surface area (Å²) in [5.74, 6) is 3.13. The minimum Gasteiger partial charge on any atom is -0.475 e. The fraction of sp³-hybridized carbons (Fsp3) is 0.568. The summed E-state index contributed by atoms with van der Waals surface area (Å²) in [5, 5.41) is 1.36. The average molecular weight is 802 g/mol. The van der Waals surface area contributed by atoms with Crippen LogP contribution in [0, 0.1) is 23.1 Å². The molecule has 1 saturated carbocycles. The number of pyridine rings is 1. The summed E-state index contributed by atoms with van der Waals surface area (Å²) in [4.78, 5) is 18.7. The van der Waals surface area contributed by atoms with E-state index >= 15 is 8.78 Å². The Bertz CT molecular complexity index is 2250. The van der Waals surface area contributed by atoms with Crippen LogP contribution in [0.4, 0.5) is 19.0 Å². The van der Waals surface area contributed by atoms with Crippen LogP contribution in [0.5, 0.6) is 17.6 Å². The second-order valence-electron chi connectivity index (χ2n) is 17.6. The summed E-state index contributed by atoms with van der Waals surface area (Å²) >= 11 is 0. The quantitative estimate of drug-likeness (QED) is 0.0886. The average Bonchev–Trinajstić information content (AvgIpc) is 3.64. The highest BCUT2D eigenvalue weighted by molar-refractivity contribution is 6.90. The molecule has 304 valence electrons. The molecule has 13 heteroatoms. The summed E-state index contributed by atoms with van der Waals surface area (Å²) in [7, 11) is 1.16. The third-order valence-electron chi connectivity index (χ3n) is 13.6. The predicted molar refractivity (Wildman–Crippen MR) is 220 cm³/mol. The zero-order valence-corrected chi connectivity index (χ0v) is 35.4. The van der Waals surface area contributed by atoms with Crippen LogP contribution in [0.2, 0.25) is 16.6 Å². The van der Waals surface area contributed by atoms with Gasteiger partial charge in [-0.1, -0.05) is 53.5 Å². The highest BCUT2D eigenvalue weighted by Gasteiger charge is 2.50. The Morgan fingerprint density at radius 2 is 1.72 bits per heavy atom. The summed E-state index contributed by atoms with van der Waals surface area (Å²) < 4.78 is 72.8. The van der Waals surface area contributed by atoms with Crippen LogP contribution in [0.1, 0.15) is 85.6 Å². The molecule has 1 aliphatic carbocycles. The number of hydrogen-bond donors (Lipinski definition) is 0. The van der Waals surface area contributed by atoms with E-state index in [1.54, 1.807) is 18.2 Å². The number of likely N-dealkylation sites (N-methyl/N-ethyl adjacent to an activating group) is 1. The van der Waals surface area contributed by atoms with E-state index in [2.05, 4.69) is 62.8 Å². The molecule has 9 nitrogen and oxygen atoms in total. The number of anilines is 1. The number of halogens is 3. The van der Waals surface area contributed by atoms with Gasteiger partial charge in [0.05, 0.1) is 16.6 Å². The summed E-state index contributed by atoms with van der Waals surface area (Å²) in [6.07, 6.45) is 3.96. The Balaban J connectivity index is 1.35. The molecule has 0 amide bonds. The molecule has 0 N–H and O–H groups in total. The normalized spacial score (nSPS) is 21.6. The first kappa shape index (κ1) is 39.7. The van der Waals surface area contributed by atoms with Crippen molar-refractivity contribution in [2.75, 3.05) is 52.2 Å². The Labute approximate surface area is 334 Å². The number of methoxy groups -OCH3 is 1. The number of fused-ring (bicyclic) bond motifs is 2. The van der Waals surface area contributed by atoms with Gasteiger partial charge in [0.1, 0.15) is 61.4 Å². The van der Waals surface area contributed by atoms with Crippen molar-refractivity contribution in [2.45, 2.75) is 114 Å². The molecule has 5 heterocycles. The third-order valence-corrected chi connectivity index (χ3v) is 19.9. The van der Waals surface area contributed by atoms with E-state index in [1.807, 2.05) is 7.05 Å². The third kappa shape index (κ3) is 6.50. The van der Waals surface area contributed by atoms with Crippen molar-refractivity contribution in [1.82, 2.24) is 19.9 Å². The zero-order chi connectivity index (χ0) is 40.4. The van der Waals surface area contributed by atoms with Crippen LogP contribution >= 0.6 is 0 Å². The van der Waals surface area contributed by atoms with Gasteiger partial charge in [-0.05, 0) is 78.9 Å². The fourth-order valence-electron chi connectivity index (χ4n) is 10.5. The molecule has 2 saturated heterocycles. The van der Waals surface area contributed by atoms with Crippen LogP contribution in [-0.4, -0.2) is 92.4 Å². The number of hydrogen-bond acceptors (Lipinski definition) is 9. The topological polar surface area (TPSA) is 82.1 Å².